The quantitative estimate of drug-likeness (QED) is 0.359. The molecule has 0 saturated carbocycles. The maximum Gasteiger partial charge on any atom is 0.201 e. The molecule has 26 heavy (non-hydrogen) atoms. The van der Waals surface area contributed by atoms with Crippen LogP contribution in [0.4, 0.5) is 5.69 Å². The van der Waals surface area contributed by atoms with Crippen LogP contribution in [0, 0.1) is 16.7 Å². The molecule has 8 nitrogen and oxygen atoms in total. The van der Waals surface area contributed by atoms with Crippen LogP contribution in [0.15, 0.2) is 66.0 Å². The van der Waals surface area contributed by atoms with Gasteiger partial charge in [-0.3, -0.25) is 10.8 Å². The summed E-state index contributed by atoms with van der Waals surface area (Å²) in [6.07, 6.45) is 1.70. The SMILES string of the molecule is N#C/C(=N\Nc1ccc(-c2nncn2Cc2ccccc2)cc1)C(=N)N. The molecule has 4 N–H and O–H groups in total. The number of nitrogens with one attached hydrogen (secondary N) is 2. The summed E-state index contributed by atoms with van der Waals surface area (Å²) < 4.78 is 1.97. The van der Waals surface area contributed by atoms with Gasteiger partial charge in [-0.25, -0.2) is 0 Å². The highest BCUT2D eigenvalue weighted by Gasteiger charge is 2.08. The number of nitrogens with two attached hydrogens (primary N) is 1. The van der Waals surface area contributed by atoms with Crippen molar-refractivity contribution in [1.82, 2.24) is 14.8 Å². The number of amidine groups is 1. The summed E-state index contributed by atoms with van der Waals surface area (Å²) in [6.45, 7) is 0.678. The Bertz CT molecular complexity index is 964. The van der Waals surface area contributed by atoms with Crippen LogP contribution in [0.2, 0.25) is 0 Å². The minimum Gasteiger partial charge on any atom is -0.382 e. The van der Waals surface area contributed by atoms with Gasteiger partial charge in [0.05, 0.1) is 12.2 Å². The Balaban J connectivity index is 1.77. The maximum absolute atomic E-state index is 8.84. The minimum atomic E-state index is -0.384. The highest BCUT2D eigenvalue weighted by Crippen LogP contribution is 2.20. The smallest absolute Gasteiger partial charge is 0.201 e. The van der Waals surface area contributed by atoms with E-state index in [-0.39, 0.29) is 11.5 Å². The maximum atomic E-state index is 8.84. The van der Waals surface area contributed by atoms with Crippen LogP contribution in [0.3, 0.4) is 0 Å². The predicted molar refractivity (Wildman–Crippen MR) is 99.6 cm³/mol. The van der Waals surface area contributed by atoms with Gasteiger partial charge in [0.2, 0.25) is 5.71 Å². The number of aromatic nitrogens is 3. The molecule has 0 spiro atoms. The van der Waals surface area contributed by atoms with Gasteiger partial charge in [0.25, 0.3) is 0 Å². The number of benzene rings is 2. The summed E-state index contributed by atoms with van der Waals surface area (Å²) in [5.74, 6) is 0.371. The van der Waals surface area contributed by atoms with Gasteiger partial charge in [-0.05, 0) is 29.8 Å². The van der Waals surface area contributed by atoms with Gasteiger partial charge in [-0.2, -0.15) is 10.4 Å². The highest BCUT2D eigenvalue weighted by atomic mass is 15.3. The number of hydrogen-bond donors (Lipinski definition) is 3. The summed E-state index contributed by atoms with van der Waals surface area (Å²) in [7, 11) is 0. The molecule has 3 aromatic rings. The molecule has 0 aliphatic rings. The van der Waals surface area contributed by atoms with Crippen LogP contribution in [0.25, 0.3) is 11.4 Å². The zero-order chi connectivity index (χ0) is 18.4. The van der Waals surface area contributed by atoms with E-state index in [0.29, 0.717) is 12.2 Å². The summed E-state index contributed by atoms with van der Waals surface area (Å²) in [6, 6.07) is 19.2. The van der Waals surface area contributed by atoms with Gasteiger partial charge in [0.15, 0.2) is 11.7 Å². The van der Waals surface area contributed by atoms with Crippen molar-refractivity contribution in [3.05, 3.63) is 66.5 Å². The van der Waals surface area contributed by atoms with Crippen molar-refractivity contribution in [3.63, 3.8) is 0 Å². The van der Waals surface area contributed by atoms with E-state index in [1.165, 1.54) is 0 Å². The fourth-order valence-electron chi connectivity index (χ4n) is 2.33. The number of hydrazone groups is 1. The van der Waals surface area contributed by atoms with Crippen LogP contribution >= 0.6 is 0 Å². The van der Waals surface area contributed by atoms with Crippen molar-refractivity contribution in [2.24, 2.45) is 10.8 Å². The first kappa shape index (κ1) is 16.9. The molecule has 0 amide bonds. The molecule has 0 unspecified atom stereocenters. The monoisotopic (exact) mass is 344 g/mol. The Hall–Kier alpha value is -3.99. The third-order valence-electron chi connectivity index (χ3n) is 3.61. The Kier molecular flexibility index (Phi) is 5.00. The van der Waals surface area contributed by atoms with E-state index in [0.717, 1.165) is 17.0 Å². The van der Waals surface area contributed by atoms with E-state index in [9.17, 15) is 0 Å². The van der Waals surface area contributed by atoms with E-state index >= 15 is 0 Å². The van der Waals surface area contributed by atoms with Crippen LogP contribution in [-0.2, 0) is 6.54 Å². The first-order valence-electron chi connectivity index (χ1n) is 7.77. The van der Waals surface area contributed by atoms with Gasteiger partial charge < -0.3 is 10.3 Å². The topological polar surface area (TPSA) is 129 Å². The molecule has 3 rings (SSSR count). The summed E-state index contributed by atoms with van der Waals surface area (Å²) >= 11 is 0. The van der Waals surface area contributed by atoms with Gasteiger partial charge in [0, 0.05) is 5.56 Å². The molecule has 0 aliphatic carbocycles. The van der Waals surface area contributed by atoms with E-state index < -0.39 is 0 Å². The second-order valence-electron chi connectivity index (χ2n) is 5.44. The lowest BCUT2D eigenvalue weighted by Gasteiger charge is -2.08. The molecule has 0 radical (unpaired) electrons. The Labute approximate surface area is 150 Å². The van der Waals surface area contributed by atoms with E-state index in [1.54, 1.807) is 24.5 Å². The molecule has 2 aromatic carbocycles. The van der Waals surface area contributed by atoms with Gasteiger partial charge >= 0.3 is 0 Å². The number of anilines is 1. The molecular formula is C18H16N8. The first-order chi connectivity index (χ1) is 12.7. The van der Waals surface area contributed by atoms with E-state index in [4.69, 9.17) is 16.4 Å². The van der Waals surface area contributed by atoms with Gasteiger partial charge in [-0.1, -0.05) is 30.3 Å². The lowest BCUT2D eigenvalue weighted by Crippen LogP contribution is -2.21. The van der Waals surface area contributed by atoms with E-state index in [2.05, 4.69) is 32.9 Å². The number of rotatable bonds is 6. The van der Waals surface area contributed by atoms with Crippen LogP contribution in [-0.4, -0.2) is 26.3 Å². The zero-order valence-electron chi connectivity index (χ0n) is 13.8. The molecule has 0 bridgehead atoms. The third kappa shape index (κ3) is 3.91. The molecule has 8 heteroatoms. The van der Waals surface area contributed by atoms with E-state index in [1.807, 2.05) is 34.9 Å². The number of nitrogens with zero attached hydrogens (tertiary/aromatic N) is 5. The van der Waals surface area contributed by atoms with Gasteiger partial charge in [-0.15, -0.1) is 10.2 Å². The Morgan fingerprint density at radius 1 is 1.19 bits per heavy atom. The lowest BCUT2D eigenvalue weighted by molar-refractivity contribution is 0.803. The second kappa shape index (κ2) is 7.72. The fraction of sp³-hybridized carbons (Fsp3) is 0.0556. The molecule has 1 heterocycles. The Morgan fingerprint density at radius 2 is 1.92 bits per heavy atom. The van der Waals surface area contributed by atoms with Crippen LogP contribution < -0.4 is 11.2 Å². The molecule has 0 aliphatic heterocycles. The largest absolute Gasteiger partial charge is 0.382 e. The van der Waals surface area contributed by atoms with Crippen molar-refractivity contribution < 1.29 is 0 Å². The molecule has 128 valence electrons. The Morgan fingerprint density at radius 3 is 2.58 bits per heavy atom. The average molecular weight is 344 g/mol. The van der Waals surface area contributed by atoms with Crippen molar-refractivity contribution in [2.45, 2.75) is 6.54 Å². The van der Waals surface area contributed by atoms with Crippen LogP contribution in [0.5, 0.6) is 0 Å². The van der Waals surface area contributed by atoms with Crippen molar-refractivity contribution >= 4 is 17.2 Å². The molecule has 1 aromatic heterocycles. The molecule has 0 atom stereocenters. The van der Waals surface area contributed by atoms with Crippen molar-refractivity contribution in [3.8, 4) is 17.5 Å². The predicted octanol–water partition coefficient (Wildman–Crippen LogP) is 2.22. The van der Waals surface area contributed by atoms with Crippen molar-refractivity contribution in [1.29, 1.82) is 10.7 Å². The zero-order valence-corrected chi connectivity index (χ0v) is 13.8. The first-order valence-corrected chi connectivity index (χ1v) is 7.77. The highest BCUT2D eigenvalue weighted by molar-refractivity contribution is 6.45. The number of nitriles is 1. The average Bonchev–Trinajstić information content (AvgIpc) is 3.11. The second-order valence-corrected chi connectivity index (χ2v) is 5.44. The minimum absolute atomic E-state index is 0.170. The summed E-state index contributed by atoms with van der Waals surface area (Å²) in [4.78, 5) is 0. The normalized spacial score (nSPS) is 11.0. The molecule has 0 saturated heterocycles. The standard InChI is InChI=1S/C18H16N8/c19-10-16(17(20)21)24-23-15-8-6-14(7-9-15)18-25-22-12-26(18)11-13-4-2-1-3-5-13/h1-9,12,23H,11H2,(H3,20,21)/b24-16+. The lowest BCUT2D eigenvalue weighted by atomic mass is 10.2. The number of hydrogen-bond acceptors (Lipinski definition) is 6. The third-order valence-corrected chi connectivity index (χ3v) is 3.61. The van der Waals surface area contributed by atoms with Gasteiger partial charge in [0.1, 0.15) is 12.4 Å². The molecule has 0 fully saturated rings. The molecular weight excluding hydrogens is 328 g/mol. The fourth-order valence-corrected chi connectivity index (χ4v) is 2.33. The summed E-state index contributed by atoms with van der Waals surface area (Å²) in [5.41, 5.74) is 10.5. The van der Waals surface area contributed by atoms with Crippen LogP contribution in [0.1, 0.15) is 5.56 Å². The summed E-state index contributed by atoms with van der Waals surface area (Å²) in [5, 5.41) is 28.1. The van der Waals surface area contributed by atoms with Crippen molar-refractivity contribution in [2.75, 3.05) is 5.43 Å².